The Morgan fingerprint density at radius 1 is 0.811 bits per heavy atom. The van der Waals surface area contributed by atoms with Crippen molar-refractivity contribution in [1.82, 2.24) is 10.2 Å². The molecule has 1 N–H and O–H groups in total. The number of benzene rings is 4. The number of ether oxygens (including phenoxy) is 5. The smallest absolute Gasteiger partial charge is 0.310 e. The summed E-state index contributed by atoms with van der Waals surface area (Å²) in [5, 5.41) is 6.68. The molecule has 10 heteroatoms. The van der Waals surface area contributed by atoms with Crippen LogP contribution in [0.5, 0.6) is 17.2 Å². The number of hydrogen-bond donors (Lipinski definition) is 1. The summed E-state index contributed by atoms with van der Waals surface area (Å²) in [5.74, 6) is 1.94. The van der Waals surface area contributed by atoms with Crippen molar-refractivity contribution in [3.8, 4) is 17.2 Å². The molecular weight excluding hydrogens is 689 g/mol. The maximum Gasteiger partial charge on any atom is 0.310 e. The molecule has 2 bridgehead atoms. The molecule has 1 amide bonds. The van der Waals surface area contributed by atoms with Crippen molar-refractivity contribution in [1.29, 1.82) is 0 Å². The first-order chi connectivity index (χ1) is 26.0. The summed E-state index contributed by atoms with van der Waals surface area (Å²) in [6.07, 6.45) is 1.53. The van der Waals surface area contributed by atoms with Crippen LogP contribution in [0.4, 0.5) is 0 Å². The average Bonchev–Trinajstić information content (AvgIpc) is 3.63. The molecule has 2 aliphatic heterocycles. The monoisotopic (exact) mass is 732 g/mol. The summed E-state index contributed by atoms with van der Waals surface area (Å²) in [4.78, 5) is 29.1. The number of esters is 1. The standard InChI is InChI=1S/C43H44N2O7S/c1-48-39-13-6-3-10-30(39)22-42(46)52-27-36-35(23-32-24-45(25-38(36)44-32)43(47)37-28-53-41-15-8-5-12-34(37)41)29-16-18-33(19-17-29)51-21-9-20-50-26-31-11-4-7-14-40(31)49-2/h3-8,10-19,28,32,38,44H,9,20-27H2,1-2H3/t32-,38-/m1/s1. The van der Waals surface area contributed by atoms with Crippen molar-refractivity contribution in [3.05, 3.63) is 130 Å². The van der Waals surface area contributed by atoms with Crippen molar-refractivity contribution in [3.63, 3.8) is 0 Å². The van der Waals surface area contributed by atoms with E-state index in [1.165, 1.54) is 0 Å². The summed E-state index contributed by atoms with van der Waals surface area (Å²) < 4.78 is 29.8. The van der Waals surface area contributed by atoms with E-state index in [-0.39, 0.29) is 37.0 Å². The van der Waals surface area contributed by atoms with Gasteiger partial charge >= 0.3 is 5.97 Å². The summed E-state index contributed by atoms with van der Waals surface area (Å²) in [6, 6.07) is 31.3. The second kappa shape index (κ2) is 17.1. The maximum absolute atomic E-state index is 13.9. The molecule has 2 aliphatic rings. The molecular formula is C43H44N2O7S. The van der Waals surface area contributed by atoms with Gasteiger partial charge in [0.25, 0.3) is 5.91 Å². The molecule has 274 valence electrons. The highest BCUT2D eigenvalue weighted by Gasteiger charge is 2.38. The Morgan fingerprint density at radius 3 is 2.32 bits per heavy atom. The predicted octanol–water partition coefficient (Wildman–Crippen LogP) is 7.33. The van der Waals surface area contributed by atoms with E-state index in [2.05, 4.69) is 17.4 Å². The molecule has 1 fully saturated rings. The van der Waals surface area contributed by atoms with E-state index in [0.717, 1.165) is 61.4 Å². The first kappa shape index (κ1) is 36.2. The third-order valence-corrected chi connectivity index (χ3v) is 10.8. The lowest BCUT2D eigenvalue weighted by atomic mass is 9.83. The van der Waals surface area contributed by atoms with Gasteiger partial charge in [-0.1, -0.05) is 66.7 Å². The predicted molar refractivity (Wildman–Crippen MR) is 207 cm³/mol. The van der Waals surface area contributed by atoms with E-state index < -0.39 is 0 Å². The quantitative estimate of drug-likeness (QED) is 0.0884. The molecule has 0 unspecified atom stereocenters. The van der Waals surface area contributed by atoms with Gasteiger partial charge in [0.05, 0.1) is 52.1 Å². The van der Waals surface area contributed by atoms with Gasteiger partial charge in [-0.15, -0.1) is 11.3 Å². The summed E-state index contributed by atoms with van der Waals surface area (Å²) >= 11 is 1.59. The van der Waals surface area contributed by atoms with Crippen LogP contribution < -0.4 is 19.5 Å². The van der Waals surface area contributed by atoms with E-state index >= 15 is 0 Å². The molecule has 0 spiro atoms. The van der Waals surface area contributed by atoms with E-state index in [9.17, 15) is 9.59 Å². The van der Waals surface area contributed by atoms with Crippen LogP contribution in [0.1, 0.15) is 39.9 Å². The second-order valence-corrected chi connectivity index (χ2v) is 14.1. The van der Waals surface area contributed by atoms with Crippen LogP contribution in [-0.2, 0) is 27.3 Å². The van der Waals surface area contributed by atoms with Crippen LogP contribution in [0, 0.1) is 0 Å². The second-order valence-electron chi connectivity index (χ2n) is 13.2. The number of methoxy groups -OCH3 is 2. The van der Waals surface area contributed by atoms with Gasteiger partial charge < -0.3 is 33.9 Å². The molecule has 3 heterocycles. The molecule has 4 aromatic carbocycles. The number of carbonyl (C=O) groups is 2. The normalized spacial score (nSPS) is 16.8. The number of carbonyl (C=O) groups excluding carboxylic acids is 2. The van der Waals surface area contributed by atoms with Crippen LogP contribution in [0.3, 0.4) is 0 Å². The van der Waals surface area contributed by atoms with E-state index in [4.69, 9.17) is 23.7 Å². The molecule has 5 aromatic rings. The number of amides is 1. The van der Waals surface area contributed by atoms with Crippen molar-refractivity contribution >= 4 is 38.9 Å². The zero-order chi connectivity index (χ0) is 36.6. The van der Waals surface area contributed by atoms with Crippen molar-refractivity contribution in [2.45, 2.75) is 38.0 Å². The molecule has 7 rings (SSSR count). The van der Waals surface area contributed by atoms with Crippen LogP contribution in [0.25, 0.3) is 15.7 Å². The Bertz CT molecular complexity index is 2070. The first-order valence-electron chi connectivity index (χ1n) is 17.9. The van der Waals surface area contributed by atoms with E-state index in [1.807, 2.05) is 95.2 Å². The van der Waals surface area contributed by atoms with Gasteiger partial charge in [0, 0.05) is 52.1 Å². The third kappa shape index (κ3) is 8.57. The lowest BCUT2D eigenvalue weighted by Gasteiger charge is -2.44. The van der Waals surface area contributed by atoms with Gasteiger partial charge in [-0.3, -0.25) is 9.59 Å². The largest absolute Gasteiger partial charge is 0.496 e. The first-order valence-corrected chi connectivity index (χ1v) is 18.8. The lowest BCUT2D eigenvalue weighted by Crippen LogP contribution is -2.61. The number of fused-ring (bicyclic) bond motifs is 3. The maximum atomic E-state index is 13.9. The molecule has 53 heavy (non-hydrogen) atoms. The minimum atomic E-state index is -0.340. The number of nitrogens with one attached hydrogen (secondary N) is 1. The molecule has 2 atom stereocenters. The number of nitrogens with zero attached hydrogens (tertiary/aromatic N) is 1. The molecule has 1 aromatic heterocycles. The summed E-state index contributed by atoms with van der Waals surface area (Å²) in [6.45, 7) is 2.76. The SMILES string of the molecule is COc1ccccc1COCCCOc1ccc(C2=C(COC(=O)Cc3ccccc3OC)[C@H]3CN(C(=O)c4csc5ccccc45)C[C@@H](C2)N3)cc1. The molecule has 9 nitrogen and oxygen atoms in total. The van der Waals surface area contributed by atoms with Crippen LogP contribution >= 0.6 is 11.3 Å². The number of piperazine rings is 1. The van der Waals surface area contributed by atoms with Gasteiger partial charge in [0.2, 0.25) is 0 Å². The topological polar surface area (TPSA) is 95.6 Å². The van der Waals surface area contributed by atoms with Crippen molar-refractivity contribution in [2.24, 2.45) is 0 Å². The highest BCUT2D eigenvalue weighted by atomic mass is 32.1. The zero-order valence-corrected chi connectivity index (χ0v) is 30.9. The Morgan fingerprint density at radius 2 is 1.53 bits per heavy atom. The fourth-order valence-electron chi connectivity index (χ4n) is 7.16. The minimum absolute atomic E-state index is 0.0293. The highest BCUT2D eigenvalue weighted by Crippen LogP contribution is 2.35. The van der Waals surface area contributed by atoms with Crippen molar-refractivity contribution < 1.29 is 33.3 Å². The van der Waals surface area contributed by atoms with Gasteiger partial charge in [-0.05, 0) is 53.5 Å². The molecule has 0 radical (unpaired) electrons. The summed E-state index contributed by atoms with van der Waals surface area (Å²) in [7, 11) is 3.26. The molecule has 1 saturated heterocycles. The van der Waals surface area contributed by atoms with Crippen LogP contribution in [0.15, 0.2) is 108 Å². The Balaban J connectivity index is 1.03. The zero-order valence-electron chi connectivity index (χ0n) is 30.0. The van der Waals surface area contributed by atoms with Crippen molar-refractivity contribution in [2.75, 3.05) is 47.1 Å². The van der Waals surface area contributed by atoms with Gasteiger partial charge in [-0.25, -0.2) is 0 Å². The summed E-state index contributed by atoms with van der Waals surface area (Å²) in [5.41, 5.74) is 5.68. The highest BCUT2D eigenvalue weighted by molar-refractivity contribution is 7.17. The minimum Gasteiger partial charge on any atom is -0.496 e. The van der Waals surface area contributed by atoms with Gasteiger partial charge in [0.15, 0.2) is 0 Å². The number of thiophene rings is 1. The fourth-order valence-corrected chi connectivity index (χ4v) is 8.10. The Hall–Kier alpha value is -5.16. The molecule has 0 aliphatic carbocycles. The van der Waals surface area contributed by atoms with Gasteiger partial charge in [0.1, 0.15) is 23.9 Å². The van der Waals surface area contributed by atoms with E-state index in [0.29, 0.717) is 45.1 Å². The Kier molecular flexibility index (Phi) is 11.7. The fraction of sp³-hybridized carbons (Fsp3) is 0.302. The third-order valence-electron chi connectivity index (χ3n) is 9.81. The Labute approximate surface area is 314 Å². The van der Waals surface area contributed by atoms with Crippen LogP contribution in [0.2, 0.25) is 0 Å². The number of rotatable bonds is 15. The molecule has 0 saturated carbocycles. The van der Waals surface area contributed by atoms with Gasteiger partial charge in [-0.2, -0.15) is 0 Å². The van der Waals surface area contributed by atoms with E-state index in [1.54, 1.807) is 25.6 Å². The van der Waals surface area contributed by atoms with Crippen LogP contribution in [-0.4, -0.2) is 76.0 Å². The average molecular weight is 733 g/mol. The lowest BCUT2D eigenvalue weighted by molar-refractivity contribution is -0.142. The number of hydrogen-bond acceptors (Lipinski definition) is 9. The number of para-hydroxylation sites is 2.